The minimum Gasteiger partial charge on any atom is -0.466 e. The van der Waals surface area contributed by atoms with Gasteiger partial charge in [-0.05, 0) is 43.4 Å². The molecule has 8 heteroatoms. The fourth-order valence-electron chi connectivity index (χ4n) is 2.30. The van der Waals surface area contributed by atoms with E-state index in [9.17, 15) is 14.4 Å². The van der Waals surface area contributed by atoms with Crippen LogP contribution in [0.15, 0.2) is 54.6 Å². The Morgan fingerprint density at radius 1 is 0.929 bits per heavy atom. The van der Waals surface area contributed by atoms with Crippen molar-refractivity contribution in [2.45, 2.75) is 19.8 Å². The summed E-state index contributed by atoms with van der Waals surface area (Å²) >= 11 is 5.13. The third kappa shape index (κ3) is 6.81. The van der Waals surface area contributed by atoms with Crippen molar-refractivity contribution in [2.75, 3.05) is 17.2 Å². The summed E-state index contributed by atoms with van der Waals surface area (Å²) in [4.78, 5) is 35.7. The molecule has 0 aliphatic carbocycles. The number of amides is 2. The lowest BCUT2D eigenvalue weighted by Crippen LogP contribution is -2.34. The molecule has 2 aromatic rings. The van der Waals surface area contributed by atoms with Crippen LogP contribution in [0, 0.1) is 0 Å². The predicted molar refractivity (Wildman–Crippen MR) is 111 cm³/mol. The van der Waals surface area contributed by atoms with Gasteiger partial charge in [0, 0.05) is 12.1 Å². The van der Waals surface area contributed by atoms with Crippen molar-refractivity contribution < 1.29 is 19.1 Å². The number of benzene rings is 2. The Morgan fingerprint density at radius 3 is 2.32 bits per heavy atom. The average molecular weight is 399 g/mol. The first kappa shape index (κ1) is 21.0. The number of hydrogen-bond donors (Lipinski definition) is 3. The molecule has 0 saturated heterocycles. The zero-order chi connectivity index (χ0) is 20.4. The van der Waals surface area contributed by atoms with E-state index < -0.39 is 11.9 Å². The van der Waals surface area contributed by atoms with Gasteiger partial charge in [0.1, 0.15) is 0 Å². The monoisotopic (exact) mass is 399 g/mol. The Labute approximate surface area is 168 Å². The summed E-state index contributed by atoms with van der Waals surface area (Å²) in [6.07, 6.45) is -0.0743. The molecule has 3 N–H and O–H groups in total. The van der Waals surface area contributed by atoms with Crippen molar-refractivity contribution in [1.82, 2.24) is 5.32 Å². The third-order valence-electron chi connectivity index (χ3n) is 3.57. The predicted octanol–water partition coefficient (Wildman–Crippen LogP) is 3.10. The summed E-state index contributed by atoms with van der Waals surface area (Å²) < 4.78 is 4.77. The molecule has 2 rings (SSSR count). The first-order valence-corrected chi connectivity index (χ1v) is 9.12. The SMILES string of the molecule is CCOC(=O)CCC(=O)NC(=S)Nc1ccccc1C(=O)Nc1ccccc1. The smallest absolute Gasteiger partial charge is 0.306 e. The molecule has 28 heavy (non-hydrogen) atoms. The van der Waals surface area contributed by atoms with Gasteiger partial charge in [-0.25, -0.2) is 0 Å². The maximum Gasteiger partial charge on any atom is 0.306 e. The van der Waals surface area contributed by atoms with E-state index >= 15 is 0 Å². The molecule has 0 spiro atoms. The number of esters is 1. The molecule has 146 valence electrons. The van der Waals surface area contributed by atoms with Crippen LogP contribution < -0.4 is 16.0 Å². The van der Waals surface area contributed by atoms with E-state index in [0.717, 1.165) is 0 Å². The molecule has 0 aliphatic rings. The Kier molecular flexibility index (Phi) is 8.11. The first-order chi connectivity index (χ1) is 13.5. The van der Waals surface area contributed by atoms with E-state index in [-0.39, 0.29) is 30.5 Å². The zero-order valence-electron chi connectivity index (χ0n) is 15.4. The molecule has 0 heterocycles. The van der Waals surface area contributed by atoms with Gasteiger partial charge in [0.25, 0.3) is 5.91 Å². The average Bonchev–Trinajstić information content (AvgIpc) is 2.67. The molecule has 0 radical (unpaired) electrons. The van der Waals surface area contributed by atoms with Crippen LogP contribution in [0.1, 0.15) is 30.1 Å². The number of rotatable bonds is 7. The van der Waals surface area contributed by atoms with Crippen molar-refractivity contribution in [3.8, 4) is 0 Å². The highest BCUT2D eigenvalue weighted by molar-refractivity contribution is 7.80. The summed E-state index contributed by atoms with van der Waals surface area (Å²) in [5.41, 5.74) is 1.48. The molecule has 2 amide bonds. The molecule has 7 nitrogen and oxygen atoms in total. The maximum absolute atomic E-state index is 12.5. The minimum atomic E-state index is -0.445. The zero-order valence-corrected chi connectivity index (χ0v) is 16.2. The third-order valence-corrected chi connectivity index (χ3v) is 3.77. The maximum atomic E-state index is 12.5. The van der Waals surface area contributed by atoms with Crippen molar-refractivity contribution in [1.29, 1.82) is 0 Å². The van der Waals surface area contributed by atoms with E-state index in [1.807, 2.05) is 18.2 Å². The van der Waals surface area contributed by atoms with Gasteiger partial charge < -0.3 is 20.7 Å². The first-order valence-electron chi connectivity index (χ1n) is 8.71. The molecule has 0 bridgehead atoms. The van der Waals surface area contributed by atoms with Crippen LogP contribution in [0.25, 0.3) is 0 Å². The minimum absolute atomic E-state index is 0.0294. The standard InChI is InChI=1S/C20H21N3O4S/c1-2-27-18(25)13-12-17(24)23-20(28)22-16-11-7-6-10-15(16)19(26)21-14-8-4-3-5-9-14/h3-11H,2,12-13H2,1H3,(H,21,26)(H2,22,23,24,28). The van der Waals surface area contributed by atoms with Gasteiger partial charge in [0.05, 0.1) is 24.3 Å². The fourth-order valence-corrected chi connectivity index (χ4v) is 2.53. The van der Waals surface area contributed by atoms with Crippen LogP contribution in [0.2, 0.25) is 0 Å². The number of nitrogens with one attached hydrogen (secondary N) is 3. The van der Waals surface area contributed by atoms with E-state index in [0.29, 0.717) is 16.9 Å². The number of ether oxygens (including phenoxy) is 1. The lowest BCUT2D eigenvalue weighted by Gasteiger charge is -2.13. The number of carbonyl (C=O) groups excluding carboxylic acids is 3. The summed E-state index contributed by atoms with van der Waals surface area (Å²) in [5, 5.41) is 8.16. The van der Waals surface area contributed by atoms with Gasteiger partial charge in [-0.2, -0.15) is 0 Å². The van der Waals surface area contributed by atoms with Crippen LogP contribution >= 0.6 is 12.2 Å². The van der Waals surface area contributed by atoms with Crippen molar-refractivity contribution in [3.63, 3.8) is 0 Å². The number of thiocarbonyl (C=S) groups is 1. The molecule has 0 saturated carbocycles. The quantitative estimate of drug-likeness (QED) is 0.489. The Balaban J connectivity index is 1.95. The van der Waals surface area contributed by atoms with Crippen LogP contribution in [0.3, 0.4) is 0 Å². The summed E-state index contributed by atoms with van der Waals surface area (Å²) in [7, 11) is 0. The largest absolute Gasteiger partial charge is 0.466 e. The van der Waals surface area contributed by atoms with Crippen molar-refractivity contribution in [3.05, 3.63) is 60.2 Å². The molecule has 0 aliphatic heterocycles. The van der Waals surface area contributed by atoms with Crippen molar-refractivity contribution in [2.24, 2.45) is 0 Å². The van der Waals surface area contributed by atoms with E-state index in [4.69, 9.17) is 17.0 Å². The van der Waals surface area contributed by atoms with Gasteiger partial charge in [-0.1, -0.05) is 30.3 Å². The molecule has 0 fully saturated rings. The Hall–Kier alpha value is -3.26. The molecular formula is C20H21N3O4S. The topological polar surface area (TPSA) is 96.5 Å². The fraction of sp³-hybridized carbons (Fsp3) is 0.200. The van der Waals surface area contributed by atoms with Gasteiger partial charge in [-0.3, -0.25) is 14.4 Å². The highest BCUT2D eigenvalue weighted by atomic mass is 32.1. The van der Waals surface area contributed by atoms with Gasteiger partial charge in [0.15, 0.2) is 5.11 Å². The van der Waals surface area contributed by atoms with Gasteiger partial charge in [0.2, 0.25) is 5.91 Å². The number of para-hydroxylation sites is 2. The summed E-state index contributed by atoms with van der Waals surface area (Å²) in [6.45, 7) is 1.96. The number of carbonyl (C=O) groups is 3. The van der Waals surface area contributed by atoms with E-state index in [2.05, 4.69) is 16.0 Å². The normalized spacial score (nSPS) is 9.89. The number of anilines is 2. The Bertz CT molecular complexity index is 856. The molecule has 0 aromatic heterocycles. The second kappa shape index (κ2) is 10.8. The molecular weight excluding hydrogens is 378 g/mol. The molecule has 0 unspecified atom stereocenters. The highest BCUT2D eigenvalue weighted by Gasteiger charge is 2.14. The lowest BCUT2D eigenvalue weighted by molar-refractivity contribution is -0.144. The van der Waals surface area contributed by atoms with E-state index in [1.54, 1.807) is 43.3 Å². The summed E-state index contributed by atoms with van der Waals surface area (Å²) in [6, 6.07) is 15.8. The molecule has 2 aromatic carbocycles. The molecule has 0 atom stereocenters. The van der Waals surface area contributed by atoms with Gasteiger partial charge in [-0.15, -0.1) is 0 Å². The second-order valence-electron chi connectivity index (χ2n) is 5.67. The van der Waals surface area contributed by atoms with Gasteiger partial charge >= 0.3 is 5.97 Å². The second-order valence-corrected chi connectivity index (χ2v) is 6.08. The van der Waals surface area contributed by atoms with E-state index in [1.165, 1.54) is 0 Å². The van der Waals surface area contributed by atoms with Crippen LogP contribution in [-0.4, -0.2) is 29.5 Å². The lowest BCUT2D eigenvalue weighted by atomic mass is 10.1. The van der Waals surface area contributed by atoms with Crippen molar-refractivity contribution >= 4 is 46.5 Å². The Morgan fingerprint density at radius 2 is 1.61 bits per heavy atom. The van der Waals surface area contributed by atoms with Crippen LogP contribution in [-0.2, 0) is 14.3 Å². The van der Waals surface area contributed by atoms with Crippen LogP contribution in [0.4, 0.5) is 11.4 Å². The van der Waals surface area contributed by atoms with Crippen LogP contribution in [0.5, 0.6) is 0 Å². The number of hydrogen-bond acceptors (Lipinski definition) is 5. The summed E-state index contributed by atoms with van der Waals surface area (Å²) in [5.74, 6) is -1.18. The highest BCUT2D eigenvalue weighted by Crippen LogP contribution is 2.17.